The third-order valence-electron chi connectivity index (χ3n) is 4.11. The average Bonchev–Trinajstić information content (AvgIpc) is 2.66. The summed E-state index contributed by atoms with van der Waals surface area (Å²) in [5, 5.41) is -0.551. The van der Waals surface area contributed by atoms with Crippen LogP contribution in [0.15, 0.2) is 6.07 Å². The summed E-state index contributed by atoms with van der Waals surface area (Å²) in [4.78, 5) is 14.3. The van der Waals surface area contributed by atoms with Gasteiger partial charge in [0.05, 0.1) is 6.54 Å². The molecular weight excluding hydrogens is 308 g/mol. The van der Waals surface area contributed by atoms with E-state index < -0.39 is 15.2 Å². The maximum Gasteiger partial charge on any atom is 0.178 e. The number of nitrogens with zero attached hydrogens (tertiary/aromatic N) is 2. The Balaban J connectivity index is 2.19. The van der Waals surface area contributed by atoms with Crippen LogP contribution in [0.25, 0.3) is 0 Å². The van der Waals surface area contributed by atoms with Gasteiger partial charge in [-0.05, 0) is 19.9 Å². The number of ketones is 1. The van der Waals surface area contributed by atoms with Gasteiger partial charge in [0.1, 0.15) is 5.37 Å². The second kappa shape index (κ2) is 6.14. The van der Waals surface area contributed by atoms with Crippen molar-refractivity contribution in [1.29, 1.82) is 0 Å². The Morgan fingerprint density at radius 3 is 2.62 bits per heavy atom. The number of aromatic nitrogens is 1. The molecular formula is C14H22N2O3S2. The van der Waals surface area contributed by atoms with Gasteiger partial charge in [-0.2, -0.15) is 11.8 Å². The van der Waals surface area contributed by atoms with Crippen LogP contribution in [-0.2, 0) is 16.9 Å². The van der Waals surface area contributed by atoms with Gasteiger partial charge in [0.25, 0.3) is 0 Å². The lowest BCUT2D eigenvalue weighted by atomic mass is 10.1. The van der Waals surface area contributed by atoms with Crippen molar-refractivity contribution in [2.24, 2.45) is 7.05 Å². The number of thioether (sulfide) groups is 1. The van der Waals surface area contributed by atoms with Gasteiger partial charge >= 0.3 is 0 Å². The summed E-state index contributed by atoms with van der Waals surface area (Å²) in [6.07, 6.45) is 1.25. The van der Waals surface area contributed by atoms with Crippen molar-refractivity contribution in [3.8, 4) is 0 Å². The highest BCUT2D eigenvalue weighted by Crippen LogP contribution is 2.21. The Hall–Kier alpha value is -0.790. The van der Waals surface area contributed by atoms with Crippen LogP contribution in [-0.4, -0.2) is 59.9 Å². The lowest BCUT2D eigenvalue weighted by Gasteiger charge is -2.33. The van der Waals surface area contributed by atoms with E-state index >= 15 is 0 Å². The van der Waals surface area contributed by atoms with Crippen LogP contribution in [0.2, 0.25) is 0 Å². The monoisotopic (exact) mass is 330 g/mol. The fourth-order valence-electron chi connectivity index (χ4n) is 2.60. The van der Waals surface area contributed by atoms with Gasteiger partial charge in [-0.1, -0.05) is 0 Å². The van der Waals surface area contributed by atoms with E-state index in [4.69, 9.17) is 0 Å². The minimum Gasteiger partial charge on any atom is -0.351 e. The number of carbonyl (C=O) groups is 1. The first kappa shape index (κ1) is 16.6. The molecule has 7 heteroatoms. The summed E-state index contributed by atoms with van der Waals surface area (Å²) >= 11 is 1.63. The van der Waals surface area contributed by atoms with Crippen LogP contribution in [0, 0.1) is 13.8 Å². The zero-order chi connectivity index (χ0) is 15.8. The Kier molecular flexibility index (Phi) is 4.85. The lowest BCUT2D eigenvalue weighted by molar-refractivity contribution is 0.0927. The van der Waals surface area contributed by atoms with Gasteiger partial charge in [0.2, 0.25) is 0 Å². The minimum absolute atomic E-state index is 0.00301. The number of hydrogen-bond acceptors (Lipinski definition) is 5. The third kappa shape index (κ3) is 3.52. The predicted molar refractivity (Wildman–Crippen MR) is 86.7 cm³/mol. The van der Waals surface area contributed by atoms with Crippen LogP contribution in [0.4, 0.5) is 0 Å². The number of rotatable bonds is 4. The first-order valence-electron chi connectivity index (χ1n) is 6.88. The molecule has 2 rings (SSSR count). The molecule has 1 fully saturated rings. The maximum atomic E-state index is 12.5. The molecule has 1 aliphatic rings. The standard InChI is InChI=1S/C14H22N2O3S2/c1-10-7-12(11(2)15(10)3)13(17)8-16-5-6-20-9-14(16)21(4,18)19/h7,14H,5-6,8-9H2,1-4H3. The third-order valence-corrected chi connectivity index (χ3v) is 6.79. The molecule has 1 aromatic rings. The molecule has 118 valence electrons. The molecule has 1 atom stereocenters. The molecule has 1 aromatic heterocycles. The van der Waals surface area contributed by atoms with Crippen LogP contribution < -0.4 is 0 Å². The second-order valence-electron chi connectivity index (χ2n) is 5.60. The highest BCUT2D eigenvalue weighted by Gasteiger charge is 2.32. The summed E-state index contributed by atoms with van der Waals surface area (Å²) in [5.74, 6) is 1.40. The van der Waals surface area contributed by atoms with E-state index in [2.05, 4.69) is 0 Å². The van der Waals surface area contributed by atoms with Crippen molar-refractivity contribution in [1.82, 2.24) is 9.47 Å². The zero-order valence-corrected chi connectivity index (χ0v) is 14.6. The normalized spacial score (nSPS) is 20.7. The first-order valence-corrected chi connectivity index (χ1v) is 9.99. The van der Waals surface area contributed by atoms with Gasteiger partial charge in [0.15, 0.2) is 15.6 Å². The van der Waals surface area contributed by atoms with E-state index in [-0.39, 0.29) is 12.3 Å². The van der Waals surface area contributed by atoms with Crippen LogP contribution in [0.3, 0.4) is 0 Å². The molecule has 1 saturated heterocycles. The molecule has 0 radical (unpaired) electrons. The summed E-state index contributed by atoms with van der Waals surface area (Å²) < 4.78 is 25.7. The van der Waals surface area contributed by atoms with Crippen LogP contribution in [0.5, 0.6) is 0 Å². The Bertz CT molecular complexity index is 649. The molecule has 0 bridgehead atoms. The Morgan fingerprint density at radius 2 is 2.10 bits per heavy atom. The summed E-state index contributed by atoms with van der Waals surface area (Å²) in [6, 6.07) is 1.88. The van der Waals surface area contributed by atoms with Gasteiger partial charge < -0.3 is 4.57 Å². The van der Waals surface area contributed by atoms with E-state index in [1.807, 2.05) is 31.5 Å². The molecule has 0 aromatic carbocycles. The molecule has 0 N–H and O–H groups in total. The zero-order valence-electron chi connectivity index (χ0n) is 12.9. The maximum absolute atomic E-state index is 12.5. The van der Waals surface area contributed by atoms with Crippen LogP contribution >= 0.6 is 11.8 Å². The van der Waals surface area contributed by atoms with Crippen molar-refractivity contribution in [3.63, 3.8) is 0 Å². The minimum atomic E-state index is -3.17. The van der Waals surface area contributed by atoms with Crippen LogP contribution in [0.1, 0.15) is 21.7 Å². The van der Waals surface area contributed by atoms with Crippen molar-refractivity contribution in [2.75, 3.05) is 30.9 Å². The van der Waals surface area contributed by atoms with Crippen molar-refractivity contribution < 1.29 is 13.2 Å². The summed E-state index contributed by atoms with van der Waals surface area (Å²) in [7, 11) is -1.24. The second-order valence-corrected chi connectivity index (χ2v) is 8.95. The molecule has 2 heterocycles. The Morgan fingerprint density at radius 1 is 1.43 bits per heavy atom. The van der Waals surface area contributed by atoms with E-state index in [1.165, 1.54) is 6.26 Å². The number of carbonyl (C=O) groups excluding carboxylic acids is 1. The Labute approximate surface area is 130 Å². The van der Waals surface area contributed by atoms with E-state index in [0.29, 0.717) is 17.9 Å². The van der Waals surface area contributed by atoms with Crippen molar-refractivity contribution in [2.45, 2.75) is 19.2 Å². The predicted octanol–water partition coefficient (Wildman–Crippen LogP) is 1.24. The summed E-state index contributed by atoms with van der Waals surface area (Å²) in [5.41, 5.74) is 2.66. The smallest absolute Gasteiger partial charge is 0.178 e. The van der Waals surface area contributed by atoms with Gasteiger partial charge in [-0.15, -0.1) is 0 Å². The highest BCUT2D eigenvalue weighted by atomic mass is 32.2. The lowest BCUT2D eigenvalue weighted by Crippen LogP contribution is -2.48. The van der Waals surface area contributed by atoms with Gasteiger partial charge in [0, 0.05) is 48.3 Å². The largest absolute Gasteiger partial charge is 0.351 e. The van der Waals surface area contributed by atoms with Gasteiger partial charge in [-0.25, -0.2) is 8.42 Å². The molecule has 1 unspecified atom stereocenters. The highest BCUT2D eigenvalue weighted by molar-refractivity contribution is 8.00. The molecule has 1 aliphatic heterocycles. The molecule has 0 amide bonds. The summed E-state index contributed by atoms with van der Waals surface area (Å²) in [6.45, 7) is 4.68. The van der Waals surface area contributed by atoms with Gasteiger partial charge in [-0.3, -0.25) is 9.69 Å². The van der Waals surface area contributed by atoms with Crippen molar-refractivity contribution in [3.05, 3.63) is 23.0 Å². The topological polar surface area (TPSA) is 59.4 Å². The van der Waals surface area contributed by atoms with E-state index in [1.54, 1.807) is 16.7 Å². The first-order chi connectivity index (χ1) is 9.71. The molecule has 5 nitrogen and oxygen atoms in total. The molecule has 0 saturated carbocycles. The molecule has 21 heavy (non-hydrogen) atoms. The number of hydrogen-bond donors (Lipinski definition) is 0. The SMILES string of the molecule is Cc1cc(C(=O)CN2CCSCC2S(C)(=O)=O)c(C)n1C. The fourth-order valence-corrected chi connectivity index (χ4v) is 5.54. The number of Topliss-reactive ketones (excluding diaryl/α,β-unsaturated/α-hetero) is 1. The van der Waals surface area contributed by atoms with E-state index in [9.17, 15) is 13.2 Å². The molecule has 0 spiro atoms. The number of sulfone groups is 1. The van der Waals surface area contributed by atoms with Crippen molar-refractivity contribution >= 4 is 27.4 Å². The average molecular weight is 330 g/mol. The number of aryl methyl sites for hydroxylation is 1. The fraction of sp³-hybridized carbons (Fsp3) is 0.643. The van der Waals surface area contributed by atoms with E-state index in [0.717, 1.165) is 17.1 Å². The quantitative estimate of drug-likeness (QED) is 0.778. The molecule has 0 aliphatic carbocycles.